The van der Waals surface area contributed by atoms with Gasteiger partial charge in [0.15, 0.2) is 0 Å². The molecule has 1 aliphatic carbocycles. The van der Waals surface area contributed by atoms with E-state index in [-0.39, 0.29) is 18.1 Å². The minimum Gasteiger partial charge on any atom is -0.318 e. The van der Waals surface area contributed by atoms with Gasteiger partial charge in [-0.3, -0.25) is 10.1 Å². The quantitative estimate of drug-likeness (QED) is 0.890. The summed E-state index contributed by atoms with van der Waals surface area (Å²) in [7, 11) is 0. The lowest BCUT2D eigenvalue weighted by molar-refractivity contribution is -0.130. The minimum atomic E-state index is -0.0986. The first kappa shape index (κ1) is 12.0. The van der Waals surface area contributed by atoms with E-state index in [1.165, 1.54) is 0 Å². The van der Waals surface area contributed by atoms with Crippen LogP contribution in [0.5, 0.6) is 0 Å². The average Bonchev–Trinajstić information content (AvgIpc) is 2.98. The summed E-state index contributed by atoms with van der Waals surface area (Å²) in [5.41, 5.74) is 1.11. The number of nitrogens with zero attached hydrogens (tertiary/aromatic N) is 1. The molecule has 2 fully saturated rings. The van der Waals surface area contributed by atoms with Gasteiger partial charge < -0.3 is 4.90 Å². The van der Waals surface area contributed by atoms with Gasteiger partial charge in [-0.15, -0.1) is 0 Å². The maximum absolute atomic E-state index is 12.2. The molecule has 4 atom stereocenters. The van der Waals surface area contributed by atoms with Gasteiger partial charge in [-0.2, -0.15) is 0 Å². The molecule has 1 aromatic rings. The smallest absolute Gasteiger partial charge is 0.241 e. The highest BCUT2D eigenvalue weighted by atomic mass is 35.5. The van der Waals surface area contributed by atoms with Crippen LogP contribution in [0, 0.1) is 5.92 Å². The Kier molecular flexibility index (Phi) is 2.83. The molecule has 1 aromatic carbocycles. The van der Waals surface area contributed by atoms with Crippen molar-refractivity contribution in [3.05, 3.63) is 34.9 Å². The molecule has 1 amide bonds. The van der Waals surface area contributed by atoms with Gasteiger partial charge in [0.1, 0.15) is 6.17 Å². The summed E-state index contributed by atoms with van der Waals surface area (Å²) in [5, 5.41) is 4.09. The molecule has 1 saturated carbocycles. The summed E-state index contributed by atoms with van der Waals surface area (Å²) in [6.07, 6.45) is 1.12. The largest absolute Gasteiger partial charge is 0.318 e. The Morgan fingerprint density at radius 3 is 2.44 bits per heavy atom. The molecule has 18 heavy (non-hydrogen) atoms. The molecule has 1 heterocycles. The fraction of sp³-hybridized carbons (Fsp3) is 0.500. The first-order valence-electron chi connectivity index (χ1n) is 6.41. The van der Waals surface area contributed by atoms with Crippen LogP contribution in [-0.2, 0) is 4.79 Å². The lowest BCUT2D eigenvalue weighted by Gasteiger charge is -2.25. The van der Waals surface area contributed by atoms with Gasteiger partial charge in [0.25, 0.3) is 0 Å². The van der Waals surface area contributed by atoms with Gasteiger partial charge in [0, 0.05) is 11.1 Å². The third-order valence-corrected chi connectivity index (χ3v) is 4.17. The molecule has 3 nitrogen and oxygen atoms in total. The number of benzene rings is 1. The monoisotopic (exact) mass is 264 g/mol. The van der Waals surface area contributed by atoms with Crippen LogP contribution < -0.4 is 5.32 Å². The minimum absolute atomic E-state index is 0.000262. The lowest BCUT2D eigenvalue weighted by atomic mass is 10.1. The van der Waals surface area contributed by atoms with E-state index in [1.807, 2.05) is 36.1 Å². The molecule has 0 aromatic heterocycles. The first-order valence-corrected chi connectivity index (χ1v) is 6.79. The summed E-state index contributed by atoms with van der Waals surface area (Å²) < 4.78 is 0. The normalized spacial score (nSPS) is 35.1. The van der Waals surface area contributed by atoms with Crippen molar-refractivity contribution >= 4 is 17.5 Å². The van der Waals surface area contributed by atoms with Crippen molar-refractivity contribution in [1.82, 2.24) is 10.2 Å². The number of nitrogens with one attached hydrogen (secondary N) is 1. The number of amides is 1. The van der Waals surface area contributed by atoms with E-state index in [2.05, 4.69) is 12.2 Å². The molecule has 1 N–H and O–H groups in total. The van der Waals surface area contributed by atoms with Crippen molar-refractivity contribution in [3.8, 4) is 0 Å². The summed E-state index contributed by atoms with van der Waals surface area (Å²) in [5.74, 6) is 0.833. The zero-order valence-corrected chi connectivity index (χ0v) is 11.3. The third kappa shape index (κ3) is 1.91. The second-order valence-corrected chi connectivity index (χ2v) is 5.80. The number of hydrogen-bond donors (Lipinski definition) is 1. The van der Waals surface area contributed by atoms with E-state index in [4.69, 9.17) is 11.6 Å². The van der Waals surface area contributed by atoms with Gasteiger partial charge in [0.05, 0.1) is 6.04 Å². The number of carbonyl (C=O) groups excluding carboxylic acids is 1. The van der Waals surface area contributed by atoms with Crippen LogP contribution in [0.4, 0.5) is 0 Å². The molecular formula is C14H17ClN2O. The van der Waals surface area contributed by atoms with Crippen LogP contribution in [0.2, 0.25) is 5.02 Å². The van der Waals surface area contributed by atoms with Crippen LogP contribution >= 0.6 is 11.6 Å². The van der Waals surface area contributed by atoms with E-state index in [0.717, 1.165) is 17.0 Å². The average molecular weight is 265 g/mol. The Balaban J connectivity index is 1.90. The molecule has 1 saturated heterocycles. The van der Waals surface area contributed by atoms with Crippen LogP contribution in [0.3, 0.4) is 0 Å². The van der Waals surface area contributed by atoms with Crippen LogP contribution in [0.1, 0.15) is 32.0 Å². The van der Waals surface area contributed by atoms with Gasteiger partial charge in [-0.05, 0) is 37.0 Å². The lowest BCUT2D eigenvalue weighted by Crippen LogP contribution is -2.33. The van der Waals surface area contributed by atoms with Crippen LogP contribution in [0.15, 0.2) is 24.3 Å². The molecule has 4 heteroatoms. The summed E-state index contributed by atoms with van der Waals surface area (Å²) in [6, 6.07) is 8.03. The number of carbonyl (C=O) groups is 1. The molecule has 0 radical (unpaired) electrons. The summed E-state index contributed by atoms with van der Waals surface area (Å²) >= 11 is 5.91. The summed E-state index contributed by atoms with van der Waals surface area (Å²) in [4.78, 5) is 14.2. The number of rotatable bonds is 2. The molecule has 1 aliphatic heterocycles. The van der Waals surface area contributed by atoms with Crippen molar-refractivity contribution in [2.75, 3.05) is 0 Å². The first-order chi connectivity index (χ1) is 8.58. The molecule has 2 aliphatic rings. The Bertz CT molecular complexity index is 473. The van der Waals surface area contributed by atoms with Crippen molar-refractivity contribution < 1.29 is 4.79 Å². The maximum atomic E-state index is 12.2. The van der Waals surface area contributed by atoms with Gasteiger partial charge in [-0.25, -0.2) is 0 Å². The fourth-order valence-corrected chi connectivity index (χ4v) is 2.81. The Morgan fingerprint density at radius 1 is 1.28 bits per heavy atom. The summed E-state index contributed by atoms with van der Waals surface area (Å²) in [6.45, 7) is 4.12. The van der Waals surface area contributed by atoms with Crippen LogP contribution in [-0.4, -0.2) is 22.9 Å². The number of halogens is 1. The van der Waals surface area contributed by atoms with Crippen molar-refractivity contribution in [2.45, 2.75) is 38.5 Å². The van der Waals surface area contributed by atoms with Gasteiger partial charge >= 0.3 is 0 Å². The maximum Gasteiger partial charge on any atom is 0.241 e. The van der Waals surface area contributed by atoms with E-state index >= 15 is 0 Å². The predicted octanol–water partition coefficient (Wildman–Crippen LogP) is 2.57. The van der Waals surface area contributed by atoms with Crippen LogP contribution in [0.25, 0.3) is 0 Å². The van der Waals surface area contributed by atoms with Crippen molar-refractivity contribution in [1.29, 1.82) is 0 Å². The Labute approximate surface area is 112 Å². The second kappa shape index (κ2) is 4.25. The molecule has 4 unspecified atom stereocenters. The Hall–Kier alpha value is -1.06. The highest BCUT2D eigenvalue weighted by Crippen LogP contribution is 2.41. The van der Waals surface area contributed by atoms with E-state index in [1.54, 1.807) is 0 Å². The third-order valence-electron chi connectivity index (χ3n) is 3.92. The SMILES string of the molecule is CC1NC(c2ccc(Cl)cc2)N(C2CC2C)C1=O. The number of hydrogen-bond acceptors (Lipinski definition) is 2. The fourth-order valence-electron chi connectivity index (χ4n) is 2.69. The molecule has 0 spiro atoms. The second-order valence-electron chi connectivity index (χ2n) is 5.37. The molecule has 3 rings (SSSR count). The molecule has 96 valence electrons. The van der Waals surface area contributed by atoms with E-state index < -0.39 is 0 Å². The highest BCUT2D eigenvalue weighted by Gasteiger charge is 2.49. The zero-order chi connectivity index (χ0) is 12.9. The van der Waals surface area contributed by atoms with E-state index in [0.29, 0.717) is 12.0 Å². The highest BCUT2D eigenvalue weighted by molar-refractivity contribution is 6.30. The zero-order valence-electron chi connectivity index (χ0n) is 10.6. The van der Waals surface area contributed by atoms with Gasteiger partial charge in [0.2, 0.25) is 5.91 Å². The topological polar surface area (TPSA) is 32.3 Å². The van der Waals surface area contributed by atoms with E-state index in [9.17, 15) is 4.79 Å². The van der Waals surface area contributed by atoms with Crippen molar-refractivity contribution in [3.63, 3.8) is 0 Å². The Morgan fingerprint density at radius 2 is 1.89 bits per heavy atom. The molecule has 0 bridgehead atoms. The van der Waals surface area contributed by atoms with Crippen molar-refractivity contribution in [2.24, 2.45) is 5.92 Å². The predicted molar refractivity (Wildman–Crippen MR) is 71.2 cm³/mol. The molecular weight excluding hydrogens is 248 g/mol. The van der Waals surface area contributed by atoms with Gasteiger partial charge in [-0.1, -0.05) is 30.7 Å². The standard InChI is InChI=1S/C14H17ClN2O/c1-8-7-12(8)17-13(16-9(2)14(17)18)10-3-5-11(15)6-4-10/h3-6,8-9,12-13,16H,7H2,1-2H3.